The minimum absolute atomic E-state index is 0.0584. The normalized spacial score (nSPS) is 9.64. The lowest BCUT2D eigenvalue weighted by Gasteiger charge is -2.16. The third kappa shape index (κ3) is 21.6. The van der Waals surface area contributed by atoms with Crippen molar-refractivity contribution in [2.45, 2.75) is 58.3 Å². The molecule has 9 rings (SSSR count). The summed E-state index contributed by atoms with van der Waals surface area (Å²) in [5, 5.41) is 3.19. The predicted molar refractivity (Wildman–Crippen MR) is 312 cm³/mol. The summed E-state index contributed by atoms with van der Waals surface area (Å²) in [7, 11) is 3.45. The van der Waals surface area contributed by atoms with Gasteiger partial charge in [0.05, 0.1) is 11.9 Å². The molecule has 10 nitrogen and oxygen atoms in total. The van der Waals surface area contributed by atoms with E-state index in [1.54, 1.807) is 67.3 Å². The Morgan fingerprint density at radius 3 is 1.49 bits per heavy atom. The van der Waals surface area contributed by atoms with Crippen LogP contribution in [0.4, 0.5) is 15.8 Å². The standard InChI is InChI=1S/C18H14N2S.C17H15FN2O.C17H16N2O.C14H14N2/c1-2-8-15(9-3-1)18-20-17(14-21-18)12-5-4-10-16-11-6-7-13-19-16;1-20(16-11-9-14(18)10-12-16)17(21)8-3-2-6-15-7-4-5-13-19-15;1-19(16-11-3-2-4-12-16)17(20)13-6-5-9-15-10-7-8-14-18-15;1-12-15-11-14(16-12)10-6-5-9-13-7-3-2-4-8-13/h1-3,6-9,11,13-14H,5,12H2;4-5,7,9-13H,3,8H2,1H3;2-4,7-8,10-12,14H,6,13H2,1H3;2-4,7-8,11H,5,9H2,1H3,(H,15,16). The summed E-state index contributed by atoms with van der Waals surface area (Å²) in [5.74, 6) is 24.8. The van der Waals surface area contributed by atoms with Gasteiger partial charge in [0.2, 0.25) is 11.8 Å². The minimum atomic E-state index is -0.319. The second-order valence-corrected chi connectivity index (χ2v) is 17.8. The number of thiazole rings is 1. The predicted octanol–water partition coefficient (Wildman–Crippen LogP) is 12.8. The summed E-state index contributed by atoms with van der Waals surface area (Å²) in [6.45, 7) is 1.93. The number of aryl methyl sites for hydroxylation is 3. The smallest absolute Gasteiger partial charge is 0.227 e. The fraction of sp³-hybridized carbons (Fsp3) is 0.167. The highest BCUT2D eigenvalue weighted by atomic mass is 32.1. The van der Waals surface area contributed by atoms with Crippen LogP contribution in [0.1, 0.15) is 78.4 Å². The molecular weight excluding hydrogens is 988 g/mol. The maximum Gasteiger partial charge on any atom is 0.227 e. The summed E-state index contributed by atoms with van der Waals surface area (Å²) in [5.41, 5.74) is 8.31. The molecular formula is C66H59FN8O2S. The second-order valence-electron chi connectivity index (χ2n) is 16.9. The Kier molecular flexibility index (Phi) is 24.5. The van der Waals surface area contributed by atoms with Crippen molar-refractivity contribution in [1.29, 1.82) is 0 Å². The van der Waals surface area contributed by atoms with E-state index in [0.29, 0.717) is 37.1 Å². The number of benzene rings is 4. The minimum Gasteiger partial charge on any atom is -0.336 e. The van der Waals surface area contributed by atoms with Crippen molar-refractivity contribution in [3.63, 3.8) is 0 Å². The van der Waals surface area contributed by atoms with Crippen molar-refractivity contribution in [2.24, 2.45) is 0 Å². The van der Waals surface area contributed by atoms with E-state index in [9.17, 15) is 14.0 Å². The number of H-pyrrole nitrogens is 1. The molecule has 78 heavy (non-hydrogen) atoms. The molecule has 0 saturated heterocycles. The van der Waals surface area contributed by atoms with Crippen molar-refractivity contribution in [2.75, 3.05) is 23.9 Å². The molecule has 1 N–H and O–H groups in total. The molecule has 0 atom stereocenters. The number of pyridine rings is 3. The molecule has 0 aliphatic rings. The fourth-order valence-electron chi connectivity index (χ4n) is 6.87. The van der Waals surface area contributed by atoms with Crippen LogP contribution in [0.25, 0.3) is 10.6 Å². The molecule has 0 saturated carbocycles. The molecule has 0 spiro atoms. The number of anilines is 2. The molecule has 5 heterocycles. The molecule has 0 unspecified atom stereocenters. The third-order valence-corrected chi connectivity index (χ3v) is 12.0. The number of nitrogens with one attached hydrogen (secondary N) is 1. The van der Waals surface area contributed by atoms with Crippen molar-refractivity contribution in [3.05, 3.63) is 246 Å². The number of para-hydroxylation sites is 1. The number of carbonyl (C=O) groups excluding carboxylic acids is 2. The van der Waals surface area contributed by atoms with Gasteiger partial charge in [-0.1, -0.05) is 121 Å². The molecule has 0 radical (unpaired) electrons. The first-order valence-corrected chi connectivity index (χ1v) is 26.2. The zero-order valence-corrected chi connectivity index (χ0v) is 44.8. The van der Waals surface area contributed by atoms with Crippen LogP contribution in [-0.4, -0.2) is 55.8 Å². The molecule has 0 aliphatic carbocycles. The van der Waals surface area contributed by atoms with Gasteiger partial charge in [-0.2, -0.15) is 0 Å². The van der Waals surface area contributed by atoms with E-state index in [0.717, 1.165) is 65.0 Å². The number of hydrogen-bond acceptors (Lipinski definition) is 8. The number of imidazole rings is 1. The number of aromatic amines is 1. The van der Waals surface area contributed by atoms with Gasteiger partial charge in [0.1, 0.15) is 39.4 Å². The molecule has 388 valence electrons. The van der Waals surface area contributed by atoms with Crippen LogP contribution in [0.5, 0.6) is 0 Å². The zero-order valence-electron chi connectivity index (χ0n) is 43.9. The van der Waals surface area contributed by atoms with Crippen LogP contribution in [0.2, 0.25) is 0 Å². The van der Waals surface area contributed by atoms with Crippen molar-refractivity contribution >= 4 is 34.5 Å². The first kappa shape index (κ1) is 57.6. The van der Waals surface area contributed by atoms with Crippen LogP contribution >= 0.6 is 11.3 Å². The van der Waals surface area contributed by atoms with Crippen LogP contribution in [0.3, 0.4) is 0 Å². The number of halogens is 1. The Morgan fingerprint density at radius 1 is 0.526 bits per heavy atom. The lowest BCUT2D eigenvalue weighted by Crippen LogP contribution is -2.25. The number of amides is 2. The topological polar surface area (TPSA) is 121 Å². The van der Waals surface area contributed by atoms with E-state index in [2.05, 4.69) is 119 Å². The third-order valence-electron chi connectivity index (χ3n) is 11.1. The van der Waals surface area contributed by atoms with Gasteiger partial charge in [0.25, 0.3) is 0 Å². The molecule has 5 aromatic heterocycles. The first-order valence-electron chi connectivity index (χ1n) is 25.3. The van der Waals surface area contributed by atoms with Crippen LogP contribution in [-0.2, 0) is 22.4 Å². The van der Waals surface area contributed by atoms with Gasteiger partial charge in [-0.05, 0) is 115 Å². The summed E-state index contributed by atoms with van der Waals surface area (Å²) < 4.78 is 12.8. The van der Waals surface area contributed by atoms with Gasteiger partial charge in [0, 0.05) is 99.9 Å². The highest BCUT2D eigenvalue weighted by Crippen LogP contribution is 2.24. The molecule has 0 fully saturated rings. The number of carbonyl (C=O) groups is 2. The van der Waals surface area contributed by atoms with Gasteiger partial charge >= 0.3 is 0 Å². The number of aromatic nitrogens is 6. The zero-order chi connectivity index (χ0) is 54.8. The molecule has 0 bridgehead atoms. The first-order chi connectivity index (χ1) is 38.2. The van der Waals surface area contributed by atoms with Crippen molar-refractivity contribution in [1.82, 2.24) is 29.9 Å². The van der Waals surface area contributed by atoms with Crippen LogP contribution < -0.4 is 9.80 Å². The lowest BCUT2D eigenvalue weighted by molar-refractivity contribution is -0.119. The largest absolute Gasteiger partial charge is 0.336 e. The summed E-state index contributed by atoms with van der Waals surface area (Å²) in [4.78, 5) is 51.4. The van der Waals surface area contributed by atoms with Gasteiger partial charge in [-0.15, -0.1) is 11.3 Å². The lowest BCUT2D eigenvalue weighted by atomic mass is 10.1. The number of hydrogen-bond donors (Lipinski definition) is 1. The Balaban J connectivity index is 0.000000169. The van der Waals surface area contributed by atoms with E-state index in [1.165, 1.54) is 28.2 Å². The molecule has 4 aromatic carbocycles. The van der Waals surface area contributed by atoms with Crippen LogP contribution in [0, 0.1) is 60.1 Å². The van der Waals surface area contributed by atoms with Crippen molar-refractivity contribution in [3.8, 4) is 57.9 Å². The Bertz CT molecular complexity index is 3460. The van der Waals surface area contributed by atoms with Gasteiger partial charge in [-0.25, -0.2) is 29.3 Å². The molecule has 0 aliphatic heterocycles. The van der Waals surface area contributed by atoms with E-state index in [4.69, 9.17) is 0 Å². The Hall–Kier alpha value is -9.72. The van der Waals surface area contributed by atoms with E-state index in [1.807, 2.05) is 116 Å². The maximum atomic E-state index is 12.8. The quantitative estimate of drug-likeness (QED) is 0.128. The van der Waals surface area contributed by atoms with E-state index < -0.39 is 0 Å². The average Bonchev–Trinajstić information content (AvgIpc) is 4.16. The van der Waals surface area contributed by atoms with Gasteiger partial charge in [-0.3, -0.25) is 9.59 Å². The Morgan fingerprint density at radius 2 is 0.987 bits per heavy atom. The second kappa shape index (κ2) is 33.3. The molecule has 9 aromatic rings. The molecule has 12 heteroatoms. The van der Waals surface area contributed by atoms with E-state index in [-0.39, 0.29) is 17.6 Å². The van der Waals surface area contributed by atoms with Crippen LogP contribution in [0.15, 0.2) is 200 Å². The Labute approximate surface area is 462 Å². The maximum absolute atomic E-state index is 12.8. The average molecular weight is 1050 g/mol. The SMILES string of the molecule is C(#Cc1ccccn1)CCc1csc(-c2ccccc2)n1.CN(C(=O)CCC#Cc1ccccn1)c1ccc(F)cc1.CN(C(=O)CCC#Cc1ccccn1)c1ccccc1.Cc1ncc(C#CCCc2ccccc2)[nH]1. The summed E-state index contributed by atoms with van der Waals surface area (Å²) >= 11 is 1.69. The summed E-state index contributed by atoms with van der Waals surface area (Å²) in [6.07, 6.45) is 12.2. The monoisotopic (exact) mass is 1050 g/mol. The van der Waals surface area contributed by atoms with Gasteiger partial charge in [0.15, 0.2) is 0 Å². The molecule has 2 amide bonds. The fourth-order valence-corrected chi connectivity index (χ4v) is 7.73. The number of nitrogens with zero attached hydrogens (tertiary/aromatic N) is 7. The summed E-state index contributed by atoms with van der Waals surface area (Å²) in [6, 6.07) is 52.9. The van der Waals surface area contributed by atoms with Gasteiger partial charge < -0.3 is 14.8 Å². The van der Waals surface area contributed by atoms with E-state index >= 15 is 0 Å². The highest BCUT2D eigenvalue weighted by molar-refractivity contribution is 7.13. The highest BCUT2D eigenvalue weighted by Gasteiger charge is 2.11. The van der Waals surface area contributed by atoms with Crippen molar-refractivity contribution < 1.29 is 14.0 Å². The number of rotatable bonds is 11.